The second-order valence-corrected chi connectivity index (χ2v) is 4.46. The Morgan fingerprint density at radius 1 is 1.17 bits per heavy atom. The van der Waals surface area contributed by atoms with Crippen molar-refractivity contribution in [3.63, 3.8) is 0 Å². The topological polar surface area (TPSA) is 29.5 Å². The lowest BCUT2D eigenvalue weighted by molar-refractivity contribution is 0.176. The molecule has 92 valence electrons. The highest BCUT2D eigenvalue weighted by Crippen LogP contribution is 2.35. The van der Waals surface area contributed by atoms with E-state index in [2.05, 4.69) is 0 Å². The van der Waals surface area contributed by atoms with Crippen LogP contribution in [0.3, 0.4) is 0 Å². The molecule has 1 atom stereocenters. The summed E-state index contributed by atoms with van der Waals surface area (Å²) >= 11 is 0. The van der Waals surface area contributed by atoms with Gasteiger partial charge in [0, 0.05) is 0 Å². The number of hydrogen-bond acceptors (Lipinski definition) is 2. The first-order valence-corrected chi connectivity index (χ1v) is 5.97. The molecule has 0 aliphatic carbocycles. The van der Waals surface area contributed by atoms with Crippen molar-refractivity contribution in [3.05, 3.63) is 59.4 Å². The number of phenols is 1. The molecular weight excluding hydrogens is 231 g/mol. The van der Waals surface area contributed by atoms with Crippen molar-refractivity contribution in [2.75, 3.05) is 0 Å². The number of para-hydroxylation sites is 1. The van der Waals surface area contributed by atoms with Crippen LogP contribution in [0.5, 0.6) is 11.5 Å². The van der Waals surface area contributed by atoms with Crippen molar-refractivity contribution in [2.24, 2.45) is 0 Å². The van der Waals surface area contributed by atoms with E-state index in [0.29, 0.717) is 0 Å². The third kappa shape index (κ3) is 1.92. The van der Waals surface area contributed by atoms with Crippen LogP contribution >= 0.6 is 0 Å². The monoisotopic (exact) mass is 244 g/mol. The summed E-state index contributed by atoms with van der Waals surface area (Å²) in [5.41, 5.74) is 1.95. The van der Waals surface area contributed by atoms with E-state index in [9.17, 15) is 9.50 Å². The summed E-state index contributed by atoms with van der Waals surface area (Å²) in [4.78, 5) is 0. The first kappa shape index (κ1) is 11.1. The van der Waals surface area contributed by atoms with Crippen LogP contribution < -0.4 is 4.74 Å². The average molecular weight is 244 g/mol. The SMILES string of the molecule is Oc1ccc(C2CCc3ccccc3O2)cc1F. The largest absolute Gasteiger partial charge is 0.505 e. The van der Waals surface area contributed by atoms with Crippen molar-refractivity contribution in [1.29, 1.82) is 0 Å². The molecule has 2 aromatic rings. The summed E-state index contributed by atoms with van der Waals surface area (Å²) in [5.74, 6) is -0.0628. The van der Waals surface area contributed by atoms with Crippen molar-refractivity contribution in [3.8, 4) is 11.5 Å². The minimum Gasteiger partial charge on any atom is -0.505 e. The standard InChI is InChI=1S/C15H13FO2/c16-12-9-11(5-7-13(12)17)15-8-6-10-3-1-2-4-14(10)18-15/h1-5,7,9,15,17H,6,8H2. The number of phenolic OH excluding ortho intramolecular Hbond substituents is 1. The van der Waals surface area contributed by atoms with Crippen molar-refractivity contribution in [1.82, 2.24) is 0 Å². The minimum absolute atomic E-state index is 0.144. The maximum atomic E-state index is 13.3. The molecular formula is C15H13FO2. The van der Waals surface area contributed by atoms with Crippen LogP contribution in [0.25, 0.3) is 0 Å². The fraction of sp³-hybridized carbons (Fsp3) is 0.200. The molecule has 0 fully saturated rings. The maximum Gasteiger partial charge on any atom is 0.165 e. The molecule has 1 aliphatic heterocycles. The lowest BCUT2D eigenvalue weighted by Crippen LogP contribution is -2.15. The van der Waals surface area contributed by atoms with Crippen LogP contribution in [0.1, 0.15) is 23.7 Å². The Hall–Kier alpha value is -2.03. The second-order valence-electron chi connectivity index (χ2n) is 4.46. The molecule has 0 aromatic heterocycles. The van der Waals surface area contributed by atoms with Gasteiger partial charge in [-0.15, -0.1) is 0 Å². The van der Waals surface area contributed by atoms with Gasteiger partial charge in [-0.2, -0.15) is 0 Å². The maximum absolute atomic E-state index is 13.3. The molecule has 0 saturated heterocycles. The number of fused-ring (bicyclic) bond motifs is 1. The second kappa shape index (κ2) is 4.33. The molecule has 18 heavy (non-hydrogen) atoms. The van der Waals surface area contributed by atoms with Crippen molar-refractivity contribution in [2.45, 2.75) is 18.9 Å². The summed E-state index contributed by atoms with van der Waals surface area (Å²) in [6.07, 6.45) is 1.60. The molecule has 1 aliphatic rings. The normalized spacial score (nSPS) is 17.9. The van der Waals surface area contributed by atoms with Gasteiger partial charge in [0.25, 0.3) is 0 Å². The Morgan fingerprint density at radius 2 is 2.00 bits per heavy atom. The van der Waals surface area contributed by atoms with Crippen LogP contribution in [-0.4, -0.2) is 5.11 Å². The number of hydrogen-bond donors (Lipinski definition) is 1. The molecule has 0 radical (unpaired) electrons. The number of rotatable bonds is 1. The fourth-order valence-electron chi connectivity index (χ4n) is 2.28. The molecule has 2 aromatic carbocycles. The Balaban J connectivity index is 1.89. The van der Waals surface area contributed by atoms with Gasteiger partial charge in [-0.05, 0) is 42.2 Å². The van der Waals surface area contributed by atoms with E-state index in [-0.39, 0.29) is 11.9 Å². The van der Waals surface area contributed by atoms with Crippen molar-refractivity contribution < 1.29 is 14.2 Å². The Kier molecular flexibility index (Phi) is 2.67. The molecule has 0 spiro atoms. The highest BCUT2D eigenvalue weighted by atomic mass is 19.1. The van der Waals surface area contributed by atoms with E-state index in [0.717, 1.165) is 24.2 Å². The highest BCUT2D eigenvalue weighted by molar-refractivity contribution is 5.37. The van der Waals surface area contributed by atoms with Gasteiger partial charge in [0.15, 0.2) is 11.6 Å². The summed E-state index contributed by atoms with van der Waals surface area (Å²) < 4.78 is 19.2. The van der Waals surface area contributed by atoms with E-state index in [1.165, 1.54) is 17.7 Å². The summed E-state index contributed by atoms with van der Waals surface area (Å²) in [7, 11) is 0. The summed E-state index contributed by atoms with van der Waals surface area (Å²) in [6.45, 7) is 0. The van der Waals surface area contributed by atoms with Gasteiger partial charge in [-0.3, -0.25) is 0 Å². The average Bonchev–Trinajstić information content (AvgIpc) is 2.41. The summed E-state index contributed by atoms with van der Waals surface area (Å²) in [6, 6.07) is 12.3. The lowest BCUT2D eigenvalue weighted by Gasteiger charge is -2.26. The smallest absolute Gasteiger partial charge is 0.165 e. The van der Waals surface area contributed by atoms with Gasteiger partial charge >= 0.3 is 0 Å². The van der Waals surface area contributed by atoms with Gasteiger partial charge in [0.2, 0.25) is 0 Å². The van der Waals surface area contributed by atoms with E-state index >= 15 is 0 Å². The molecule has 1 unspecified atom stereocenters. The first-order chi connectivity index (χ1) is 8.74. The van der Waals surface area contributed by atoms with Crippen molar-refractivity contribution >= 4 is 0 Å². The first-order valence-electron chi connectivity index (χ1n) is 5.97. The van der Waals surface area contributed by atoms with E-state index in [4.69, 9.17) is 4.74 Å². The molecule has 0 amide bonds. The Morgan fingerprint density at radius 3 is 2.83 bits per heavy atom. The highest BCUT2D eigenvalue weighted by Gasteiger charge is 2.21. The van der Waals surface area contributed by atoms with Crippen LogP contribution in [0.4, 0.5) is 4.39 Å². The molecule has 0 saturated carbocycles. The molecule has 1 heterocycles. The summed E-state index contributed by atoms with van der Waals surface area (Å²) in [5, 5.41) is 9.18. The molecule has 0 bridgehead atoms. The number of benzene rings is 2. The number of aromatic hydroxyl groups is 1. The Labute approximate surface area is 105 Å². The predicted molar refractivity (Wildman–Crippen MR) is 66.2 cm³/mol. The van der Waals surface area contributed by atoms with Gasteiger partial charge < -0.3 is 9.84 Å². The Bertz CT molecular complexity index is 580. The molecule has 3 heteroatoms. The number of halogens is 1. The molecule has 3 rings (SSSR count). The number of ether oxygens (including phenoxy) is 1. The lowest BCUT2D eigenvalue weighted by atomic mass is 9.97. The predicted octanol–water partition coefficient (Wildman–Crippen LogP) is 3.60. The van der Waals surface area contributed by atoms with E-state index < -0.39 is 5.82 Å². The van der Waals surface area contributed by atoms with E-state index in [1.54, 1.807) is 6.07 Å². The van der Waals surface area contributed by atoms with Gasteiger partial charge in [0.1, 0.15) is 11.9 Å². The zero-order chi connectivity index (χ0) is 12.5. The van der Waals surface area contributed by atoms with Crippen LogP contribution in [0.2, 0.25) is 0 Å². The minimum atomic E-state index is -0.602. The zero-order valence-corrected chi connectivity index (χ0v) is 9.77. The van der Waals surface area contributed by atoms with Gasteiger partial charge in [-0.1, -0.05) is 24.3 Å². The van der Waals surface area contributed by atoms with Gasteiger partial charge in [-0.25, -0.2) is 4.39 Å². The molecule has 2 nitrogen and oxygen atoms in total. The third-order valence-electron chi connectivity index (χ3n) is 3.26. The van der Waals surface area contributed by atoms with Crippen LogP contribution in [0, 0.1) is 5.82 Å². The molecule has 1 N–H and O–H groups in total. The zero-order valence-electron chi connectivity index (χ0n) is 9.77. The van der Waals surface area contributed by atoms with Gasteiger partial charge in [0.05, 0.1) is 0 Å². The quantitative estimate of drug-likeness (QED) is 0.830. The van der Waals surface area contributed by atoms with E-state index in [1.807, 2.05) is 24.3 Å². The fourth-order valence-corrected chi connectivity index (χ4v) is 2.28. The van der Waals surface area contributed by atoms with Crippen LogP contribution in [0.15, 0.2) is 42.5 Å². The third-order valence-corrected chi connectivity index (χ3v) is 3.26. The van der Waals surface area contributed by atoms with Crippen LogP contribution in [-0.2, 0) is 6.42 Å². The number of aryl methyl sites for hydroxylation is 1.